The van der Waals surface area contributed by atoms with Gasteiger partial charge in [0.15, 0.2) is 9.84 Å². The summed E-state index contributed by atoms with van der Waals surface area (Å²) in [5, 5.41) is 8.22. The zero-order chi connectivity index (χ0) is 19.0. The Labute approximate surface area is 156 Å². The lowest BCUT2D eigenvalue weighted by molar-refractivity contribution is -0.137. The molecule has 0 radical (unpaired) electrons. The molecule has 0 spiro atoms. The standard InChI is InChI=1S/C18H18N2O4S2/c1-3-18(21)24-12-13-25-16-8-4-14(5-9-16)19-20-15-6-10-17(11-7-15)26(2,22)23/h3-11H,1,12-13H2,2H3/b20-19+. The number of benzene rings is 2. The Morgan fingerprint density at radius 1 is 1.08 bits per heavy atom. The molecule has 0 fully saturated rings. The molecule has 8 heteroatoms. The van der Waals surface area contributed by atoms with Gasteiger partial charge >= 0.3 is 5.97 Å². The molecular formula is C18H18N2O4S2. The second-order valence-corrected chi connectivity index (χ2v) is 8.36. The van der Waals surface area contributed by atoms with Crippen LogP contribution < -0.4 is 0 Å². The van der Waals surface area contributed by atoms with Crippen molar-refractivity contribution in [1.82, 2.24) is 0 Å². The van der Waals surface area contributed by atoms with Gasteiger partial charge in [-0.15, -0.1) is 11.8 Å². The summed E-state index contributed by atoms with van der Waals surface area (Å²) in [4.78, 5) is 12.2. The molecule has 0 amide bonds. The van der Waals surface area contributed by atoms with Crippen molar-refractivity contribution >= 4 is 38.9 Å². The SMILES string of the molecule is C=CC(=O)OCCSc1ccc(/N=N/c2ccc(S(C)(=O)=O)cc2)cc1. The fraction of sp³-hybridized carbons (Fsp3) is 0.167. The summed E-state index contributed by atoms with van der Waals surface area (Å²) in [5.41, 5.74) is 1.25. The molecule has 26 heavy (non-hydrogen) atoms. The fourth-order valence-corrected chi connectivity index (χ4v) is 3.21. The van der Waals surface area contributed by atoms with E-state index in [-0.39, 0.29) is 4.90 Å². The first kappa shape index (κ1) is 19.9. The van der Waals surface area contributed by atoms with Gasteiger partial charge in [0.1, 0.15) is 6.61 Å². The molecule has 0 saturated carbocycles. The van der Waals surface area contributed by atoms with Gasteiger partial charge in [0.05, 0.1) is 16.3 Å². The molecular weight excluding hydrogens is 372 g/mol. The number of carbonyl (C=O) groups is 1. The first-order valence-electron chi connectivity index (χ1n) is 7.62. The van der Waals surface area contributed by atoms with Gasteiger partial charge in [0.25, 0.3) is 0 Å². The van der Waals surface area contributed by atoms with E-state index in [2.05, 4.69) is 16.8 Å². The number of thioether (sulfide) groups is 1. The summed E-state index contributed by atoms with van der Waals surface area (Å²) in [5.74, 6) is 0.221. The molecule has 0 atom stereocenters. The number of azo groups is 1. The van der Waals surface area contributed by atoms with E-state index in [1.54, 1.807) is 23.9 Å². The highest BCUT2D eigenvalue weighted by molar-refractivity contribution is 7.99. The van der Waals surface area contributed by atoms with Crippen molar-refractivity contribution < 1.29 is 17.9 Å². The number of esters is 1. The van der Waals surface area contributed by atoms with E-state index >= 15 is 0 Å². The predicted molar refractivity (Wildman–Crippen MR) is 102 cm³/mol. The highest BCUT2D eigenvalue weighted by Gasteiger charge is 2.05. The molecule has 2 aromatic carbocycles. The average Bonchev–Trinajstić information content (AvgIpc) is 2.64. The van der Waals surface area contributed by atoms with E-state index in [9.17, 15) is 13.2 Å². The van der Waals surface area contributed by atoms with Gasteiger partial charge < -0.3 is 4.74 Å². The molecule has 0 aliphatic heterocycles. The van der Waals surface area contributed by atoms with Crippen LogP contribution in [0.3, 0.4) is 0 Å². The Morgan fingerprint density at radius 3 is 2.12 bits per heavy atom. The lowest BCUT2D eigenvalue weighted by Crippen LogP contribution is -2.03. The fourth-order valence-electron chi connectivity index (χ4n) is 1.85. The smallest absolute Gasteiger partial charge is 0.330 e. The van der Waals surface area contributed by atoms with Crippen LogP contribution in [-0.4, -0.2) is 33.0 Å². The van der Waals surface area contributed by atoms with Crippen molar-refractivity contribution in [2.75, 3.05) is 18.6 Å². The molecule has 0 N–H and O–H groups in total. The van der Waals surface area contributed by atoms with Crippen molar-refractivity contribution in [2.24, 2.45) is 10.2 Å². The minimum absolute atomic E-state index is 0.247. The molecule has 0 aromatic heterocycles. The van der Waals surface area contributed by atoms with E-state index in [0.29, 0.717) is 23.7 Å². The number of carbonyl (C=O) groups excluding carboxylic acids is 1. The summed E-state index contributed by atoms with van der Waals surface area (Å²) < 4.78 is 27.7. The normalized spacial score (nSPS) is 11.4. The molecule has 0 heterocycles. The first-order chi connectivity index (χ1) is 12.4. The Hall–Kier alpha value is -2.45. The number of ether oxygens (including phenoxy) is 1. The van der Waals surface area contributed by atoms with Crippen LogP contribution in [0.5, 0.6) is 0 Å². The van der Waals surface area contributed by atoms with Crippen LogP contribution in [0.4, 0.5) is 11.4 Å². The quantitative estimate of drug-likeness (QED) is 0.220. The molecule has 2 aromatic rings. The Bertz CT molecular complexity index is 890. The van der Waals surface area contributed by atoms with Gasteiger partial charge in [-0.05, 0) is 48.5 Å². The Balaban J connectivity index is 1.89. The minimum atomic E-state index is -3.21. The van der Waals surface area contributed by atoms with Crippen molar-refractivity contribution in [1.29, 1.82) is 0 Å². The van der Waals surface area contributed by atoms with Crippen LogP contribution in [-0.2, 0) is 19.4 Å². The maximum absolute atomic E-state index is 11.4. The minimum Gasteiger partial charge on any atom is -0.462 e. The number of nitrogens with zero attached hydrogens (tertiary/aromatic N) is 2. The highest BCUT2D eigenvalue weighted by Crippen LogP contribution is 2.24. The summed E-state index contributed by atoms with van der Waals surface area (Å²) in [6.45, 7) is 3.65. The number of sulfone groups is 1. The maximum Gasteiger partial charge on any atom is 0.330 e. The van der Waals surface area contributed by atoms with Gasteiger partial charge in [-0.25, -0.2) is 13.2 Å². The second-order valence-electron chi connectivity index (χ2n) is 5.18. The largest absolute Gasteiger partial charge is 0.462 e. The Kier molecular flexibility index (Phi) is 7.11. The predicted octanol–water partition coefficient (Wildman–Crippen LogP) is 4.33. The molecule has 0 bridgehead atoms. The van der Waals surface area contributed by atoms with Gasteiger partial charge in [-0.3, -0.25) is 0 Å². The molecule has 0 saturated heterocycles. The lowest BCUT2D eigenvalue weighted by atomic mass is 10.3. The van der Waals surface area contributed by atoms with Crippen molar-refractivity contribution in [3.05, 3.63) is 61.2 Å². The van der Waals surface area contributed by atoms with Gasteiger partial charge in [0.2, 0.25) is 0 Å². The van der Waals surface area contributed by atoms with Gasteiger partial charge in [-0.2, -0.15) is 10.2 Å². The molecule has 0 aliphatic rings. The first-order valence-corrected chi connectivity index (χ1v) is 10.5. The Morgan fingerprint density at radius 2 is 1.62 bits per heavy atom. The molecule has 6 nitrogen and oxygen atoms in total. The molecule has 136 valence electrons. The van der Waals surface area contributed by atoms with Crippen LogP contribution >= 0.6 is 11.8 Å². The van der Waals surface area contributed by atoms with Crippen molar-refractivity contribution in [2.45, 2.75) is 9.79 Å². The summed E-state index contributed by atoms with van der Waals surface area (Å²) in [6.07, 6.45) is 2.30. The summed E-state index contributed by atoms with van der Waals surface area (Å²) in [7, 11) is -3.21. The summed E-state index contributed by atoms with van der Waals surface area (Å²) >= 11 is 1.56. The number of rotatable bonds is 8. The molecule has 0 aliphatic carbocycles. The third-order valence-electron chi connectivity index (χ3n) is 3.15. The van der Waals surface area contributed by atoms with Crippen LogP contribution in [0.1, 0.15) is 0 Å². The van der Waals surface area contributed by atoms with Crippen LogP contribution in [0.2, 0.25) is 0 Å². The van der Waals surface area contributed by atoms with Crippen LogP contribution in [0.15, 0.2) is 81.2 Å². The molecule has 0 unspecified atom stereocenters. The van der Waals surface area contributed by atoms with Crippen molar-refractivity contribution in [3.8, 4) is 0 Å². The zero-order valence-corrected chi connectivity index (χ0v) is 15.8. The highest BCUT2D eigenvalue weighted by atomic mass is 32.2. The van der Waals surface area contributed by atoms with E-state index in [1.807, 2.05) is 24.3 Å². The third-order valence-corrected chi connectivity index (χ3v) is 5.25. The monoisotopic (exact) mass is 390 g/mol. The topological polar surface area (TPSA) is 85.2 Å². The molecule has 2 rings (SSSR count). The van der Waals surface area contributed by atoms with Crippen molar-refractivity contribution in [3.63, 3.8) is 0 Å². The van der Waals surface area contributed by atoms with E-state index in [0.717, 1.165) is 17.2 Å². The van der Waals surface area contributed by atoms with Crippen LogP contribution in [0.25, 0.3) is 0 Å². The lowest BCUT2D eigenvalue weighted by Gasteiger charge is -2.02. The maximum atomic E-state index is 11.4. The third kappa shape index (κ3) is 6.45. The van der Waals surface area contributed by atoms with E-state index < -0.39 is 15.8 Å². The van der Waals surface area contributed by atoms with Gasteiger partial charge in [0, 0.05) is 23.0 Å². The zero-order valence-electron chi connectivity index (χ0n) is 14.2. The second kappa shape index (κ2) is 9.30. The van der Waals surface area contributed by atoms with Gasteiger partial charge in [-0.1, -0.05) is 6.58 Å². The summed E-state index contributed by atoms with van der Waals surface area (Å²) in [6, 6.07) is 13.7. The van der Waals surface area contributed by atoms with E-state index in [4.69, 9.17) is 4.74 Å². The van der Waals surface area contributed by atoms with Crippen LogP contribution in [0, 0.1) is 0 Å². The number of hydrogen-bond donors (Lipinski definition) is 0. The van der Waals surface area contributed by atoms with E-state index in [1.165, 1.54) is 12.1 Å². The number of hydrogen-bond acceptors (Lipinski definition) is 7. The average molecular weight is 390 g/mol.